The minimum absolute atomic E-state index is 0.200. The Labute approximate surface area is 95.1 Å². The van der Waals surface area contributed by atoms with Crippen molar-refractivity contribution in [1.82, 2.24) is 0 Å². The molecule has 0 aliphatic heterocycles. The van der Waals surface area contributed by atoms with E-state index in [0.717, 1.165) is 5.75 Å². The summed E-state index contributed by atoms with van der Waals surface area (Å²) in [6.45, 7) is 2.97. The molecule has 0 fully saturated rings. The van der Waals surface area contributed by atoms with Gasteiger partial charge in [0.05, 0.1) is 0 Å². The molecule has 1 rings (SSSR count). The molecule has 0 saturated heterocycles. The fourth-order valence-corrected chi connectivity index (χ4v) is 1.15. The van der Waals surface area contributed by atoms with Gasteiger partial charge < -0.3 is 14.2 Å². The lowest BCUT2D eigenvalue weighted by Crippen LogP contribution is -2.25. The van der Waals surface area contributed by atoms with Crippen molar-refractivity contribution in [3.63, 3.8) is 0 Å². The summed E-state index contributed by atoms with van der Waals surface area (Å²) >= 11 is 0. The summed E-state index contributed by atoms with van der Waals surface area (Å²) < 4.78 is 15.2. The van der Waals surface area contributed by atoms with Crippen molar-refractivity contribution in [2.45, 2.75) is 13.0 Å². The molecular formula is C12H16O4. The van der Waals surface area contributed by atoms with Crippen LogP contribution in [0.3, 0.4) is 0 Å². The van der Waals surface area contributed by atoms with Gasteiger partial charge in [-0.15, -0.1) is 0 Å². The van der Waals surface area contributed by atoms with E-state index in [0.29, 0.717) is 13.1 Å². The average Bonchev–Trinajstić information content (AvgIpc) is 2.32. The number of carbonyl (C=O) groups is 1. The van der Waals surface area contributed by atoms with Gasteiger partial charge in [0.15, 0.2) is 0 Å². The monoisotopic (exact) mass is 224 g/mol. The van der Waals surface area contributed by atoms with E-state index in [9.17, 15) is 4.79 Å². The molecule has 1 atom stereocenters. The normalized spacial score (nSPS) is 11.9. The molecule has 16 heavy (non-hydrogen) atoms. The van der Waals surface area contributed by atoms with Crippen molar-refractivity contribution in [3.05, 3.63) is 29.8 Å². The molecule has 0 bridgehead atoms. The van der Waals surface area contributed by atoms with Gasteiger partial charge in [-0.3, -0.25) is 4.79 Å². The molecule has 0 aliphatic rings. The van der Waals surface area contributed by atoms with E-state index >= 15 is 0 Å². The fourth-order valence-electron chi connectivity index (χ4n) is 1.15. The number of hydrogen-bond donors (Lipinski definition) is 0. The number of methoxy groups -OCH3 is 1. The number of rotatable bonds is 7. The molecular weight excluding hydrogens is 208 g/mol. The predicted molar refractivity (Wildman–Crippen MR) is 59.5 cm³/mol. The van der Waals surface area contributed by atoms with E-state index in [2.05, 4.69) is 4.74 Å². The Morgan fingerprint density at radius 3 is 2.50 bits per heavy atom. The van der Waals surface area contributed by atoms with Gasteiger partial charge in [-0.1, -0.05) is 17.7 Å². The van der Waals surface area contributed by atoms with Gasteiger partial charge in [0, 0.05) is 7.11 Å². The van der Waals surface area contributed by atoms with Crippen LogP contribution in [0.15, 0.2) is 24.3 Å². The van der Waals surface area contributed by atoms with Gasteiger partial charge in [-0.2, -0.15) is 0 Å². The topological polar surface area (TPSA) is 44.8 Å². The zero-order valence-corrected chi connectivity index (χ0v) is 9.51. The highest BCUT2D eigenvalue weighted by molar-refractivity contribution is 5.36. The van der Waals surface area contributed by atoms with E-state index in [1.165, 1.54) is 5.56 Å². The number of carbonyl (C=O) groups excluding carboxylic acids is 1. The van der Waals surface area contributed by atoms with Crippen LogP contribution in [0.4, 0.5) is 0 Å². The lowest BCUT2D eigenvalue weighted by atomic mass is 10.2. The van der Waals surface area contributed by atoms with E-state index in [1.807, 2.05) is 31.2 Å². The van der Waals surface area contributed by atoms with Gasteiger partial charge >= 0.3 is 0 Å². The standard InChI is InChI=1S/C12H16O4/c1-10-3-5-11(6-4-10)16-8-12(14-2)7-15-9-13/h3-6,9,12H,7-8H2,1-2H3. The zero-order chi connectivity index (χ0) is 11.8. The second-order valence-corrected chi connectivity index (χ2v) is 3.41. The summed E-state index contributed by atoms with van der Waals surface area (Å²) in [5, 5.41) is 0. The molecule has 1 aromatic rings. The maximum Gasteiger partial charge on any atom is 0.293 e. The van der Waals surface area contributed by atoms with E-state index in [-0.39, 0.29) is 12.7 Å². The third-order valence-electron chi connectivity index (χ3n) is 2.14. The number of hydrogen-bond acceptors (Lipinski definition) is 4. The molecule has 0 aliphatic carbocycles. The molecule has 88 valence electrons. The minimum Gasteiger partial charge on any atom is -0.491 e. The first-order valence-electron chi connectivity index (χ1n) is 5.03. The van der Waals surface area contributed by atoms with E-state index < -0.39 is 0 Å². The first-order chi connectivity index (χ1) is 7.76. The molecule has 0 amide bonds. The van der Waals surface area contributed by atoms with E-state index in [1.54, 1.807) is 7.11 Å². The SMILES string of the molecule is COC(COC=O)COc1ccc(C)cc1. The van der Waals surface area contributed by atoms with Crippen LogP contribution in [0.2, 0.25) is 0 Å². The minimum atomic E-state index is -0.244. The first-order valence-corrected chi connectivity index (χ1v) is 5.03. The van der Waals surface area contributed by atoms with E-state index in [4.69, 9.17) is 9.47 Å². The van der Waals surface area contributed by atoms with Crippen molar-refractivity contribution in [2.24, 2.45) is 0 Å². The van der Waals surface area contributed by atoms with Gasteiger partial charge in [-0.05, 0) is 19.1 Å². The number of aryl methyl sites for hydroxylation is 1. The Hall–Kier alpha value is -1.55. The summed E-state index contributed by atoms with van der Waals surface area (Å²) in [4.78, 5) is 10.0. The smallest absolute Gasteiger partial charge is 0.293 e. The van der Waals surface area contributed by atoms with Crippen molar-refractivity contribution >= 4 is 6.47 Å². The highest BCUT2D eigenvalue weighted by Crippen LogP contribution is 2.11. The van der Waals surface area contributed by atoms with Crippen LogP contribution in [0.5, 0.6) is 5.75 Å². The molecule has 0 saturated carbocycles. The molecule has 0 heterocycles. The Morgan fingerprint density at radius 2 is 1.94 bits per heavy atom. The summed E-state index contributed by atoms with van der Waals surface area (Å²) in [6, 6.07) is 7.73. The molecule has 0 N–H and O–H groups in total. The summed E-state index contributed by atoms with van der Waals surface area (Å²) in [6.07, 6.45) is -0.244. The predicted octanol–water partition coefficient (Wildman–Crippen LogP) is 1.56. The molecule has 0 radical (unpaired) electrons. The van der Waals surface area contributed by atoms with Crippen molar-refractivity contribution < 1.29 is 19.0 Å². The first kappa shape index (κ1) is 12.5. The van der Waals surface area contributed by atoms with Gasteiger partial charge in [0.1, 0.15) is 25.1 Å². The van der Waals surface area contributed by atoms with Crippen LogP contribution in [-0.2, 0) is 14.3 Å². The second-order valence-electron chi connectivity index (χ2n) is 3.41. The largest absolute Gasteiger partial charge is 0.491 e. The second kappa shape index (κ2) is 6.85. The molecule has 4 nitrogen and oxygen atoms in total. The van der Waals surface area contributed by atoms with Gasteiger partial charge in [-0.25, -0.2) is 0 Å². The van der Waals surface area contributed by atoms with Gasteiger partial charge in [0.25, 0.3) is 6.47 Å². The Bertz CT molecular complexity index is 307. The quantitative estimate of drug-likeness (QED) is 0.659. The third-order valence-corrected chi connectivity index (χ3v) is 2.14. The summed E-state index contributed by atoms with van der Waals surface area (Å²) in [7, 11) is 1.55. The third kappa shape index (κ3) is 4.31. The van der Waals surface area contributed by atoms with Crippen LogP contribution >= 0.6 is 0 Å². The average molecular weight is 224 g/mol. The van der Waals surface area contributed by atoms with Crippen LogP contribution in [-0.4, -0.2) is 32.9 Å². The lowest BCUT2D eigenvalue weighted by molar-refractivity contribution is -0.132. The van der Waals surface area contributed by atoms with Crippen LogP contribution < -0.4 is 4.74 Å². The van der Waals surface area contributed by atoms with Crippen molar-refractivity contribution in [2.75, 3.05) is 20.3 Å². The number of benzene rings is 1. The maximum atomic E-state index is 10.0. The Kier molecular flexibility index (Phi) is 5.36. The fraction of sp³-hybridized carbons (Fsp3) is 0.417. The van der Waals surface area contributed by atoms with Crippen LogP contribution in [0, 0.1) is 6.92 Å². The zero-order valence-electron chi connectivity index (χ0n) is 9.51. The number of ether oxygens (including phenoxy) is 3. The molecule has 0 spiro atoms. The van der Waals surface area contributed by atoms with Crippen molar-refractivity contribution in [3.8, 4) is 5.75 Å². The molecule has 1 unspecified atom stereocenters. The highest BCUT2D eigenvalue weighted by atomic mass is 16.6. The molecule has 1 aromatic carbocycles. The van der Waals surface area contributed by atoms with Crippen LogP contribution in [0.1, 0.15) is 5.56 Å². The summed E-state index contributed by atoms with van der Waals surface area (Å²) in [5.74, 6) is 0.777. The van der Waals surface area contributed by atoms with Crippen molar-refractivity contribution in [1.29, 1.82) is 0 Å². The Balaban J connectivity index is 2.36. The Morgan fingerprint density at radius 1 is 1.25 bits per heavy atom. The lowest BCUT2D eigenvalue weighted by Gasteiger charge is -2.15. The van der Waals surface area contributed by atoms with Gasteiger partial charge in [0.2, 0.25) is 0 Å². The summed E-state index contributed by atoms with van der Waals surface area (Å²) in [5.41, 5.74) is 1.18. The maximum absolute atomic E-state index is 10.0. The highest BCUT2D eigenvalue weighted by Gasteiger charge is 2.08. The molecule has 0 aromatic heterocycles. The molecule has 4 heteroatoms. The van der Waals surface area contributed by atoms with Crippen LogP contribution in [0.25, 0.3) is 0 Å².